The van der Waals surface area contributed by atoms with Crippen LogP contribution in [0.5, 0.6) is 5.75 Å². The van der Waals surface area contributed by atoms with E-state index >= 15 is 0 Å². The van der Waals surface area contributed by atoms with Gasteiger partial charge in [0.15, 0.2) is 5.75 Å². The van der Waals surface area contributed by atoms with Gasteiger partial charge in [0, 0.05) is 5.56 Å². The third-order valence-electron chi connectivity index (χ3n) is 1.45. The highest BCUT2D eigenvalue weighted by Gasteiger charge is 2.32. The van der Waals surface area contributed by atoms with Gasteiger partial charge >= 0.3 is 6.36 Å². The molecule has 1 aromatic heterocycles. The van der Waals surface area contributed by atoms with Crippen molar-refractivity contribution in [2.45, 2.75) is 12.8 Å². The zero-order chi connectivity index (χ0) is 11.5. The number of hydrogen-bond acceptors (Lipinski definition) is 3. The summed E-state index contributed by atoms with van der Waals surface area (Å²) >= 11 is 0. The molecule has 0 aliphatic carbocycles. The second-order valence-corrected chi connectivity index (χ2v) is 2.48. The Morgan fingerprint density at radius 2 is 2.07 bits per heavy atom. The van der Waals surface area contributed by atoms with Crippen LogP contribution in [-0.4, -0.2) is 11.3 Å². The topological polar surface area (TPSA) is 45.9 Å². The van der Waals surface area contributed by atoms with Crippen molar-refractivity contribution in [1.82, 2.24) is 4.98 Å². The minimum absolute atomic E-state index is 0.454. The first-order chi connectivity index (χ1) is 6.94. The van der Waals surface area contributed by atoms with E-state index in [4.69, 9.17) is 5.26 Å². The van der Waals surface area contributed by atoms with E-state index < -0.39 is 29.9 Å². The Labute approximate surface area is 81.9 Å². The van der Waals surface area contributed by atoms with Gasteiger partial charge in [-0.2, -0.15) is 5.26 Å². The molecule has 0 atom stereocenters. The third-order valence-corrected chi connectivity index (χ3v) is 1.45. The molecule has 0 saturated carbocycles. The second kappa shape index (κ2) is 4.13. The number of hydrogen-bond donors (Lipinski definition) is 0. The normalized spacial score (nSPS) is 10.9. The highest BCUT2D eigenvalue weighted by molar-refractivity contribution is 5.33. The number of pyridine rings is 1. The maximum atomic E-state index is 13.0. The Bertz CT molecular complexity index is 397. The number of nitrogens with zero attached hydrogens (tertiary/aromatic N) is 2. The summed E-state index contributed by atoms with van der Waals surface area (Å²) in [6, 6.07) is 1.54. The first-order valence-electron chi connectivity index (χ1n) is 3.69. The first kappa shape index (κ1) is 11.2. The van der Waals surface area contributed by atoms with Gasteiger partial charge < -0.3 is 4.74 Å². The van der Waals surface area contributed by atoms with E-state index in [0.29, 0.717) is 6.20 Å². The molecule has 0 amide bonds. The maximum Gasteiger partial charge on any atom is 0.573 e. The first-order valence-corrected chi connectivity index (χ1v) is 3.69. The van der Waals surface area contributed by atoms with Crippen LogP contribution in [0.2, 0.25) is 0 Å². The highest BCUT2D eigenvalue weighted by Crippen LogP contribution is 2.27. The third kappa shape index (κ3) is 3.09. The van der Waals surface area contributed by atoms with Crippen molar-refractivity contribution in [2.24, 2.45) is 0 Å². The van der Waals surface area contributed by atoms with Crippen molar-refractivity contribution < 1.29 is 22.3 Å². The Morgan fingerprint density at radius 1 is 1.40 bits per heavy atom. The van der Waals surface area contributed by atoms with Crippen molar-refractivity contribution in [3.05, 3.63) is 23.8 Å². The average Bonchev–Trinajstić information content (AvgIpc) is 2.08. The predicted molar refractivity (Wildman–Crippen MR) is 40.2 cm³/mol. The quantitative estimate of drug-likeness (QED) is 0.717. The fourth-order valence-electron chi connectivity index (χ4n) is 0.907. The van der Waals surface area contributed by atoms with Crippen molar-refractivity contribution in [1.29, 1.82) is 5.26 Å². The second-order valence-electron chi connectivity index (χ2n) is 2.48. The lowest BCUT2D eigenvalue weighted by Gasteiger charge is -2.11. The number of rotatable bonds is 2. The molecule has 1 heterocycles. The van der Waals surface area contributed by atoms with Gasteiger partial charge in [-0.15, -0.1) is 13.2 Å². The van der Waals surface area contributed by atoms with Crippen molar-refractivity contribution in [2.75, 3.05) is 0 Å². The Kier molecular flexibility index (Phi) is 3.09. The molecule has 1 rings (SSSR count). The van der Waals surface area contributed by atoms with E-state index in [1.165, 1.54) is 6.07 Å². The van der Waals surface area contributed by atoms with Crippen molar-refractivity contribution in [3.8, 4) is 11.8 Å². The summed E-state index contributed by atoms with van der Waals surface area (Å²) in [6.45, 7) is 0. The van der Waals surface area contributed by atoms with E-state index in [9.17, 15) is 17.6 Å². The molecule has 0 fully saturated rings. The van der Waals surface area contributed by atoms with Gasteiger partial charge in [0.25, 0.3) is 0 Å². The standard InChI is InChI=1S/C8H4F4N2O/c9-6-3-14-4-7(5(6)1-2-13)15-8(10,11)12/h3-4H,1H2. The molecule has 0 aromatic carbocycles. The largest absolute Gasteiger partial charge is 0.573 e. The van der Waals surface area contributed by atoms with Crippen LogP contribution < -0.4 is 4.74 Å². The minimum Gasteiger partial charge on any atom is -0.404 e. The predicted octanol–water partition coefficient (Wildman–Crippen LogP) is 2.19. The zero-order valence-corrected chi connectivity index (χ0v) is 7.18. The van der Waals surface area contributed by atoms with Crippen LogP contribution in [0.1, 0.15) is 5.56 Å². The SMILES string of the molecule is N#CCc1c(F)cncc1OC(F)(F)F. The molecular formula is C8H4F4N2O. The van der Waals surface area contributed by atoms with Crippen LogP contribution in [0.3, 0.4) is 0 Å². The summed E-state index contributed by atoms with van der Waals surface area (Å²) in [6.07, 6.45) is -4.02. The van der Waals surface area contributed by atoms with Gasteiger partial charge in [-0.25, -0.2) is 4.39 Å². The zero-order valence-electron chi connectivity index (χ0n) is 7.18. The summed E-state index contributed by atoms with van der Waals surface area (Å²) in [5.41, 5.74) is -0.454. The molecule has 0 aliphatic rings. The van der Waals surface area contributed by atoms with E-state index in [1.807, 2.05) is 0 Å². The Morgan fingerprint density at radius 3 is 2.60 bits per heavy atom. The smallest absolute Gasteiger partial charge is 0.404 e. The summed E-state index contributed by atoms with van der Waals surface area (Å²) in [4.78, 5) is 3.20. The molecule has 7 heteroatoms. The van der Waals surface area contributed by atoms with Crippen LogP contribution >= 0.6 is 0 Å². The summed E-state index contributed by atoms with van der Waals surface area (Å²) in [7, 11) is 0. The van der Waals surface area contributed by atoms with Gasteiger partial charge in [-0.1, -0.05) is 0 Å². The monoisotopic (exact) mass is 220 g/mol. The molecule has 0 radical (unpaired) electrons. The number of aromatic nitrogens is 1. The minimum atomic E-state index is -4.93. The summed E-state index contributed by atoms with van der Waals surface area (Å²) in [5, 5.41) is 8.29. The molecule has 0 aliphatic heterocycles. The molecule has 1 aromatic rings. The van der Waals surface area contributed by atoms with Gasteiger partial charge in [0.2, 0.25) is 0 Å². The van der Waals surface area contributed by atoms with Gasteiger partial charge in [0.05, 0.1) is 24.9 Å². The molecule has 0 spiro atoms. The van der Waals surface area contributed by atoms with Crippen LogP contribution in [0.15, 0.2) is 12.4 Å². The van der Waals surface area contributed by atoms with Gasteiger partial charge in [0.1, 0.15) is 5.82 Å². The van der Waals surface area contributed by atoms with E-state index in [2.05, 4.69) is 9.72 Å². The Hall–Kier alpha value is -1.84. The van der Waals surface area contributed by atoms with Crippen molar-refractivity contribution in [3.63, 3.8) is 0 Å². The van der Waals surface area contributed by atoms with Gasteiger partial charge in [-0.05, 0) is 0 Å². The fourth-order valence-corrected chi connectivity index (χ4v) is 0.907. The molecule has 0 unspecified atom stereocenters. The number of alkyl halides is 3. The van der Waals surface area contributed by atoms with E-state index in [0.717, 1.165) is 6.20 Å². The lowest BCUT2D eigenvalue weighted by molar-refractivity contribution is -0.275. The molecule has 0 saturated heterocycles. The Balaban J connectivity index is 3.07. The average molecular weight is 220 g/mol. The highest BCUT2D eigenvalue weighted by atomic mass is 19.4. The molecule has 80 valence electrons. The lowest BCUT2D eigenvalue weighted by atomic mass is 10.2. The van der Waals surface area contributed by atoms with E-state index in [1.54, 1.807) is 0 Å². The number of nitriles is 1. The molecule has 3 nitrogen and oxygen atoms in total. The van der Waals surface area contributed by atoms with Crippen LogP contribution in [-0.2, 0) is 6.42 Å². The van der Waals surface area contributed by atoms with Crippen LogP contribution in [0.25, 0.3) is 0 Å². The number of ether oxygens (including phenoxy) is 1. The lowest BCUT2D eigenvalue weighted by Crippen LogP contribution is -2.18. The summed E-state index contributed by atoms with van der Waals surface area (Å²) in [5.74, 6) is -1.79. The molecule has 0 bridgehead atoms. The molecule has 15 heavy (non-hydrogen) atoms. The molecular weight excluding hydrogens is 216 g/mol. The maximum absolute atomic E-state index is 13.0. The fraction of sp³-hybridized carbons (Fsp3) is 0.250. The van der Waals surface area contributed by atoms with Crippen LogP contribution in [0.4, 0.5) is 17.6 Å². The molecule has 0 N–H and O–H groups in total. The van der Waals surface area contributed by atoms with Gasteiger partial charge in [-0.3, -0.25) is 4.98 Å². The number of halogens is 4. The van der Waals surface area contributed by atoms with E-state index in [-0.39, 0.29) is 0 Å². The van der Waals surface area contributed by atoms with Crippen molar-refractivity contribution >= 4 is 0 Å². The van der Waals surface area contributed by atoms with Crippen LogP contribution in [0, 0.1) is 17.1 Å². The summed E-state index contributed by atoms with van der Waals surface area (Å²) < 4.78 is 52.0.